The summed E-state index contributed by atoms with van der Waals surface area (Å²) < 4.78 is 29.6. The Balaban J connectivity index is 2.54. The zero-order chi connectivity index (χ0) is 13.4. The highest BCUT2D eigenvalue weighted by atomic mass is 35.5. The Morgan fingerprint density at radius 2 is 1.94 bits per heavy atom. The largest absolute Gasteiger partial charge is 0.507 e. The molecule has 6 heteroatoms. The van der Waals surface area contributed by atoms with Gasteiger partial charge in [-0.2, -0.15) is 0 Å². The number of hydrogen-bond donors (Lipinski definition) is 1. The molecule has 18 heavy (non-hydrogen) atoms. The molecule has 1 aliphatic heterocycles. The van der Waals surface area contributed by atoms with Gasteiger partial charge in [0.25, 0.3) is 0 Å². The molecule has 0 aliphatic carbocycles. The van der Waals surface area contributed by atoms with Gasteiger partial charge in [-0.1, -0.05) is 17.7 Å². The Morgan fingerprint density at radius 1 is 1.33 bits per heavy atom. The third-order valence-electron chi connectivity index (χ3n) is 3.41. The first-order valence-corrected chi connectivity index (χ1v) is 7.54. The van der Waals surface area contributed by atoms with Crippen molar-refractivity contribution in [1.82, 2.24) is 0 Å². The van der Waals surface area contributed by atoms with E-state index in [9.17, 15) is 13.5 Å². The normalized spacial score (nSPS) is 19.7. The van der Waals surface area contributed by atoms with E-state index in [0.717, 1.165) is 0 Å². The summed E-state index contributed by atoms with van der Waals surface area (Å²) in [6, 6.07) is 4.32. The molecule has 0 unspecified atom stereocenters. The van der Waals surface area contributed by atoms with Gasteiger partial charge in [0.2, 0.25) is 0 Å². The lowest BCUT2D eigenvalue weighted by molar-refractivity contribution is 0.0788. The van der Waals surface area contributed by atoms with Gasteiger partial charge in [0.1, 0.15) is 10.6 Å². The third kappa shape index (κ3) is 2.11. The van der Waals surface area contributed by atoms with Crippen LogP contribution in [0.3, 0.4) is 0 Å². The summed E-state index contributed by atoms with van der Waals surface area (Å²) in [6.45, 7) is 2.48. The van der Waals surface area contributed by atoms with Crippen molar-refractivity contribution in [3.05, 3.63) is 23.2 Å². The summed E-state index contributed by atoms with van der Waals surface area (Å²) in [5, 5.41) is 9.84. The van der Waals surface area contributed by atoms with E-state index in [0.29, 0.717) is 26.1 Å². The zero-order valence-electron chi connectivity index (χ0n) is 10.0. The van der Waals surface area contributed by atoms with Crippen LogP contribution in [0.25, 0.3) is 0 Å². The van der Waals surface area contributed by atoms with Crippen LogP contribution in [0.5, 0.6) is 5.75 Å². The summed E-state index contributed by atoms with van der Waals surface area (Å²) in [4.78, 5) is -0.170. The first kappa shape index (κ1) is 13.6. The van der Waals surface area contributed by atoms with Crippen molar-refractivity contribution in [2.45, 2.75) is 29.4 Å². The van der Waals surface area contributed by atoms with Crippen LogP contribution in [0.1, 0.15) is 19.8 Å². The molecule has 1 aromatic carbocycles. The molecule has 4 nitrogen and oxygen atoms in total. The minimum atomic E-state index is -3.68. The van der Waals surface area contributed by atoms with Crippen LogP contribution in [0.2, 0.25) is 5.02 Å². The second-order valence-electron chi connectivity index (χ2n) is 4.65. The maximum Gasteiger partial charge on any atom is 0.189 e. The molecule has 1 aromatic rings. The fourth-order valence-corrected chi connectivity index (χ4v) is 4.42. The Morgan fingerprint density at radius 3 is 2.50 bits per heavy atom. The fourth-order valence-electron chi connectivity index (χ4n) is 2.08. The lowest BCUT2D eigenvalue weighted by Gasteiger charge is -2.33. The van der Waals surface area contributed by atoms with Gasteiger partial charge >= 0.3 is 0 Å². The number of halogens is 1. The maximum absolute atomic E-state index is 12.7. The molecule has 1 fully saturated rings. The summed E-state index contributed by atoms with van der Waals surface area (Å²) in [7, 11) is -3.68. The maximum atomic E-state index is 12.7. The Bertz CT molecular complexity index is 527. The van der Waals surface area contributed by atoms with Gasteiger partial charge in [0.15, 0.2) is 9.84 Å². The van der Waals surface area contributed by atoms with Crippen LogP contribution in [0.4, 0.5) is 0 Å². The topological polar surface area (TPSA) is 63.6 Å². The van der Waals surface area contributed by atoms with Crippen molar-refractivity contribution in [3.8, 4) is 5.75 Å². The smallest absolute Gasteiger partial charge is 0.189 e. The van der Waals surface area contributed by atoms with E-state index < -0.39 is 14.6 Å². The van der Waals surface area contributed by atoms with Gasteiger partial charge in [-0.25, -0.2) is 8.42 Å². The molecule has 0 aromatic heterocycles. The number of ether oxygens (including phenoxy) is 1. The summed E-state index contributed by atoms with van der Waals surface area (Å²) in [5.74, 6) is -0.296. The lowest BCUT2D eigenvalue weighted by atomic mass is 10.0. The van der Waals surface area contributed by atoms with E-state index in [2.05, 4.69) is 0 Å². The molecule has 0 saturated carbocycles. The minimum absolute atomic E-state index is 0.0581. The number of phenols is 1. The molecule has 0 spiro atoms. The van der Waals surface area contributed by atoms with E-state index >= 15 is 0 Å². The molecule has 0 atom stereocenters. The van der Waals surface area contributed by atoms with Crippen LogP contribution in [-0.2, 0) is 14.6 Å². The molecule has 100 valence electrons. The highest BCUT2D eigenvalue weighted by Crippen LogP contribution is 2.40. The van der Waals surface area contributed by atoms with Crippen molar-refractivity contribution in [2.24, 2.45) is 0 Å². The van der Waals surface area contributed by atoms with Crippen molar-refractivity contribution in [2.75, 3.05) is 13.2 Å². The predicted octanol–water partition coefficient (Wildman–Crippen LogP) is 2.39. The first-order valence-electron chi connectivity index (χ1n) is 5.68. The number of sulfone groups is 1. The molecule has 1 heterocycles. The lowest BCUT2D eigenvalue weighted by Crippen LogP contribution is -2.41. The highest BCUT2D eigenvalue weighted by Gasteiger charge is 2.43. The van der Waals surface area contributed by atoms with Crippen LogP contribution in [-0.4, -0.2) is 31.5 Å². The van der Waals surface area contributed by atoms with Crippen LogP contribution in [0.15, 0.2) is 23.1 Å². The first-order chi connectivity index (χ1) is 8.38. The average Bonchev–Trinajstić information content (AvgIpc) is 2.29. The van der Waals surface area contributed by atoms with Crippen molar-refractivity contribution < 1.29 is 18.3 Å². The van der Waals surface area contributed by atoms with Crippen molar-refractivity contribution >= 4 is 21.4 Å². The van der Waals surface area contributed by atoms with Crippen LogP contribution < -0.4 is 0 Å². The van der Waals surface area contributed by atoms with Gasteiger partial charge in [0, 0.05) is 13.2 Å². The second-order valence-corrected chi connectivity index (χ2v) is 7.46. The number of rotatable bonds is 2. The van der Waals surface area contributed by atoms with E-state index in [4.69, 9.17) is 16.3 Å². The van der Waals surface area contributed by atoms with Crippen LogP contribution in [0, 0.1) is 0 Å². The molecule has 0 bridgehead atoms. The van der Waals surface area contributed by atoms with Crippen molar-refractivity contribution in [1.29, 1.82) is 0 Å². The Labute approximate surface area is 111 Å². The highest BCUT2D eigenvalue weighted by molar-refractivity contribution is 7.93. The van der Waals surface area contributed by atoms with E-state index in [1.807, 2.05) is 0 Å². The molecular weight excluding hydrogens is 276 g/mol. The monoisotopic (exact) mass is 290 g/mol. The van der Waals surface area contributed by atoms with Gasteiger partial charge in [-0.3, -0.25) is 0 Å². The molecule has 1 aliphatic rings. The number of hydrogen-bond acceptors (Lipinski definition) is 4. The van der Waals surface area contributed by atoms with Gasteiger partial charge < -0.3 is 9.84 Å². The minimum Gasteiger partial charge on any atom is -0.507 e. The van der Waals surface area contributed by atoms with Gasteiger partial charge in [0.05, 0.1) is 9.77 Å². The zero-order valence-corrected chi connectivity index (χ0v) is 11.6. The standard InChI is InChI=1S/C12H15ClO4S/c1-12(5-7-17-8-6-12)18(15,16)11-9(13)3-2-4-10(11)14/h2-4,14H,5-8H2,1H3. The number of benzene rings is 1. The Kier molecular flexibility index (Phi) is 3.58. The van der Waals surface area contributed by atoms with Gasteiger partial charge in [-0.05, 0) is 31.9 Å². The predicted molar refractivity (Wildman–Crippen MR) is 68.8 cm³/mol. The molecule has 1 saturated heterocycles. The molecule has 0 radical (unpaired) electrons. The fraction of sp³-hybridized carbons (Fsp3) is 0.500. The number of phenolic OH excluding ortho intramolecular Hbond substituents is 1. The van der Waals surface area contributed by atoms with E-state index in [1.165, 1.54) is 18.2 Å². The third-order valence-corrected chi connectivity index (χ3v) is 6.51. The van der Waals surface area contributed by atoms with Gasteiger partial charge in [-0.15, -0.1) is 0 Å². The molecule has 2 rings (SSSR count). The van der Waals surface area contributed by atoms with Crippen molar-refractivity contribution in [3.63, 3.8) is 0 Å². The van der Waals surface area contributed by atoms with E-state index in [-0.39, 0.29) is 15.7 Å². The molecule has 1 N–H and O–H groups in total. The summed E-state index contributed by atoms with van der Waals surface area (Å²) in [6.07, 6.45) is 0.806. The SMILES string of the molecule is CC1(S(=O)(=O)c2c(O)cccc2Cl)CCOCC1. The quantitative estimate of drug-likeness (QED) is 0.908. The second kappa shape index (κ2) is 4.72. The number of aromatic hydroxyl groups is 1. The molecular formula is C12H15ClO4S. The average molecular weight is 291 g/mol. The molecule has 0 amide bonds. The Hall–Kier alpha value is -0.780. The van der Waals surface area contributed by atoms with E-state index in [1.54, 1.807) is 6.92 Å². The van der Waals surface area contributed by atoms with Crippen LogP contribution >= 0.6 is 11.6 Å². The summed E-state index contributed by atoms with van der Waals surface area (Å²) >= 11 is 5.92. The summed E-state index contributed by atoms with van der Waals surface area (Å²) in [5.41, 5.74) is 0.